The molecule has 2 aliphatic heterocycles. The van der Waals surface area contributed by atoms with E-state index in [0.717, 1.165) is 52.2 Å². The van der Waals surface area contributed by atoms with Gasteiger partial charge in [0.05, 0.1) is 13.2 Å². The van der Waals surface area contributed by atoms with Gasteiger partial charge < -0.3 is 9.64 Å². The first-order valence-corrected chi connectivity index (χ1v) is 8.55. The van der Waals surface area contributed by atoms with Crippen molar-refractivity contribution in [2.24, 2.45) is 17.3 Å². The van der Waals surface area contributed by atoms with Crippen molar-refractivity contribution in [3.63, 3.8) is 0 Å². The largest absolute Gasteiger partial charge is 0.379 e. The van der Waals surface area contributed by atoms with Gasteiger partial charge in [-0.15, -0.1) is 0 Å². The van der Waals surface area contributed by atoms with Crippen molar-refractivity contribution < 1.29 is 9.53 Å². The summed E-state index contributed by atoms with van der Waals surface area (Å²) < 4.78 is 5.40. The van der Waals surface area contributed by atoms with Crippen molar-refractivity contribution in [3.8, 4) is 0 Å². The second-order valence-electron chi connectivity index (χ2n) is 8.16. The summed E-state index contributed by atoms with van der Waals surface area (Å²) in [5, 5.41) is 0. The van der Waals surface area contributed by atoms with Crippen LogP contribution < -0.4 is 0 Å². The molecule has 2 atom stereocenters. The zero-order chi connectivity index (χ0) is 15.0. The fourth-order valence-corrected chi connectivity index (χ4v) is 4.60. The number of nitrogens with zero attached hydrogens (tertiary/aromatic N) is 2. The summed E-state index contributed by atoms with van der Waals surface area (Å²) in [6, 6.07) is 0.576. The fraction of sp³-hybridized carbons (Fsp3) is 0.941. The number of rotatable bonds is 2. The van der Waals surface area contributed by atoms with E-state index in [4.69, 9.17) is 4.74 Å². The van der Waals surface area contributed by atoms with Crippen molar-refractivity contribution in [1.82, 2.24) is 9.80 Å². The molecule has 0 radical (unpaired) electrons. The standard InChI is InChI=1S/C17H30N2O2/c1-13-8-14(10-17(2,3)9-13)16(20)19-11-15(12-19)18-4-6-21-7-5-18/h13-15H,4-12H2,1-3H3. The summed E-state index contributed by atoms with van der Waals surface area (Å²) in [6.45, 7) is 12.5. The molecule has 0 N–H and O–H groups in total. The quantitative estimate of drug-likeness (QED) is 0.781. The Bertz CT molecular complexity index is 384. The van der Waals surface area contributed by atoms with Gasteiger partial charge in [0, 0.05) is 38.1 Å². The van der Waals surface area contributed by atoms with Crippen LogP contribution in [0.5, 0.6) is 0 Å². The lowest BCUT2D eigenvalue weighted by molar-refractivity contribution is -0.147. The first-order chi connectivity index (χ1) is 9.94. The first kappa shape index (κ1) is 15.3. The lowest BCUT2D eigenvalue weighted by Crippen LogP contribution is -2.64. The summed E-state index contributed by atoms with van der Waals surface area (Å²) in [5.41, 5.74) is 0.326. The van der Waals surface area contributed by atoms with Crippen LogP contribution in [0.25, 0.3) is 0 Å². The number of ether oxygens (including phenoxy) is 1. The van der Waals surface area contributed by atoms with Crippen LogP contribution >= 0.6 is 0 Å². The Kier molecular flexibility index (Phi) is 4.28. The van der Waals surface area contributed by atoms with Gasteiger partial charge in [-0.05, 0) is 30.6 Å². The SMILES string of the molecule is CC1CC(C(=O)N2CC(N3CCOCC3)C2)CC(C)(C)C1. The maximum Gasteiger partial charge on any atom is 0.225 e. The van der Waals surface area contributed by atoms with Crippen molar-refractivity contribution in [2.45, 2.75) is 46.1 Å². The third-order valence-electron chi connectivity index (χ3n) is 5.47. The van der Waals surface area contributed by atoms with Gasteiger partial charge in [0.2, 0.25) is 5.91 Å². The predicted octanol–water partition coefficient (Wildman–Crippen LogP) is 1.99. The van der Waals surface area contributed by atoms with E-state index in [2.05, 4.69) is 30.6 Å². The number of carbonyl (C=O) groups excluding carboxylic acids is 1. The van der Waals surface area contributed by atoms with Crippen molar-refractivity contribution in [3.05, 3.63) is 0 Å². The Balaban J connectivity index is 1.50. The molecule has 1 saturated carbocycles. The molecule has 4 nitrogen and oxygen atoms in total. The van der Waals surface area contributed by atoms with Crippen LogP contribution in [0.15, 0.2) is 0 Å². The van der Waals surface area contributed by atoms with E-state index in [-0.39, 0.29) is 5.92 Å². The molecule has 2 heterocycles. The molecule has 2 unspecified atom stereocenters. The van der Waals surface area contributed by atoms with Crippen LogP contribution in [-0.2, 0) is 9.53 Å². The smallest absolute Gasteiger partial charge is 0.225 e. The molecule has 3 fully saturated rings. The summed E-state index contributed by atoms with van der Waals surface area (Å²) in [7, 11) is 0. The lowest BCUT2D eigenvalue weighted by Gasteiger charge is -2.49. The Morgan fingerprint density at radius 1 is 1.14 bits per heavy atom. The second-order valence-corrected chi connectivity index (χ2v) is 8.16. The number of amides is 1. The average molecular weight is 294 g/mol. The summed E-state index contributed by atoms with van der Waals surface area (Å²) in [4.78, 5) is 17.3. The molecule has 0 spiro atoms. The Morgan fingerprint density at radius 2 is 1.81 bits per heavy atom. The molecule has 3 aliphatic rings. The van der Waals surface area contributed by atoms with E-state index >= 15 is 0 Å². The van der Waals surface area contributed by atoms with Gasteiger partial charge in [0.25, 0.3) is 0 Å². The molecule has 0 aromatic heterocycles. The Hall–Kier alpha value is -0.610. The highest BCUT2D eigenvalue weighted by atomic mass is 16.5. The number of likely N-dealkylation sites (tertiary alicyclic amines) is 1. The molecule has 4 heteroatoms. The van der Waals surface area contributed by atoms with Crippen molar-refractivity contribution in [1.29, 1.82) is 0 Å². The van der Waals surface area contributed by atoms with Crippen molar-refractivity contribution in [2.75, 3.05) is 39.4 Å². The van der Waals surface area contributed by atoms with Crippen molar-refractivity contribution >= 4 is 5.91 Å². The molecule has 2 saturated heterocycles. The van der Waals surface area contributed by atoms with Crippen LogP contribution in [0.3, 0.4) is 0 Å². The van der Waals surface area contributed by atoms with E-state index in [0.29, 0.717) is 23.3 Å². The molecule has 1 aliphatic carbocycles. The lowest BCUT2D eigenvalue weighted by atomic mass is 9.67. The monoisotopic (exact) mass is 294 g/mol. The van der Waals surface area contributed by atoms with E-state index in [1.54, 1.807) is 0 Å². The normalized spacial score (nSPS) is 34.5. The van der Waals surface area contributed by atoms with Gasteiger partial charge >= 0.3 is 0 Å². The average Bonchev–Trinajstić information content (AvgIpc) is 2.35. The number of morpholine rings is 1. The van der Waals surface area contributed by atoms with Gasteiger partial charge in [0.1, 0.15) is 0 Å². The van der Waals surface area contributed by atoms with Gasteiger partial charge in [0.15, 0.2) is 0 Å². The highest BCUT2D eigenvalue weighted by Crippen LogP contribution is 2.42. The molecule has 0 aromatic rings. The van der Waals surface area contributed by atoms with Crippen LogP contribution in [0, 0.1) is 17.3 Å². The third kappa shape index (κ3) is 3.42. The fourth-order valence-electron chi connectivity index (χ4n) is 4.60. The molecule has 1 amide bonds. The molecule has 0 aromatic carbocycles. The van der Waals surface area contributed by atoms with E-state index < -0.39 is 0 Å². The predicted molar refractivity (Wildman–Crippen MR) is 83.0 cm³/mol. The molecule has 120 valence electrons. The number of hydrogen-bond acceptors (Lipinski definition) is 3. The Morgan fingerprint density at radius 3 is 2.43 bits per heavy atom. The zero-order valence-electron chi connectivity index (χ0n) is 13.8. The minimum absolute atomic E-state index is 0.259. The molecular formula is C17H30N2O2. The maximum absolute atomic E-state index is 12.7. The number of carbonyl (C=O) groups is 1. The van der Waals surface area contributed by atoms with E-state index in [9.17, 15) is 4.79 Å². The topological polar surface area (TPSA) is 32.8 Å². The van der Waals surface area contributed by atoms with Crippen LogP contribution in [0.1, 0.15) is 40.0 Å². The third-order valence-corrected chi connectivity index (χ3v) is 5.47. The minimum atomic E-state index is 0.259. The maximum atomic E-state index is 12.7. The van der Waals surface area contributed by atoms with Gasteiger partial charge in [-0.2, -0.15) is 0 Å². The first-order valence-electron chi connectivity index (χ1n) is 8.55. The minimum Gasteiger partial charge on any atom is -0.379 e. The number of hydrogen-bond donors (Lipinski definition) is 0. The van der Waals surface area contributed by atoms with Gasteiger partial charge in [-0.3, -0.25) is 9.69 Å². The highest BCUT2D eigenvalue weighted by Gasteiger charge is 2.41. The molecule has 0 bridgehead atoms. The summed E-state index contributed by atoms with van der Waals surface area (Å²) in [5.74, 6) is 1.35. The van der Waals surface area contributed by atoms with Crippen LogP contribution in [0.4, 0.5) is 0 Å². The van der Waals surface area contributed by atoms with Gasteiger partial charge in [-0.1, -0.05) is 20.8 Å². The van der Waals surface area contributed by atoms with Crippen LogP contribution in [0.2, 0.25) is 0 Å². The molecule has 21 heavy (non-hydrogen) atoms. The second kappa shape index (κ2) is 5.88. The van der Waals surface area contributed by atoms with E-state index in [1.807, 2.05) is 0 Å². The summed E-state index contributed by atoms with van der Waals surface area (Å²) in [6.07, 6.45) is 3.41. The van der Waals surface area contributed by atoms with Crippen LogP contribution in [-0.4, -0.2) is 61.1 Å². The highest BCUT2D eigenvalue weighted by molar-refractivity contribution is 5.80. The Labute approximate surface area is 128 Å². The van der Waals surface area contributed by atoms with Gasteiger partial charge in [-0.25, -0.2) is 0 Å². The summed E-state index contributed by atoms with van der Waals surface area (Å²) >= 11 is 0. The molecular weight excluding hydrogens is 264 g/mol. The van der Waals surface area contributed by atoms with E-state index in [1.165, 1.54) is 6.42 Å². The molecule has 3 rings (SSSR count). The zero-order valence-corrected chi connectivity index (χ0v) is 13.8.